The summed E-state index contributed by atoms with van der Waals surface area (Å²) in [6, 6.07) is 0. The summed E-state index contributed by atoms with van der Waals surface area (Å²) in [6.45, 7) is 2.42. The summed E-state index contributed by atoms with van der Waals surface area (Å²) in [4.78, 5) is 29.0. The summed E-state index contributed by atoms with van der Waals surface area (Å²) in [6.07, 6.45) is 1.26. The first-order valence-electron chi connectivity index (χ1n) is 4.48. The van der Waals surface area contributed by atoms with Crippen LogP contribution in [0.4, 0.5) is 0 Å². The standard InChI is InChI=1S/C9H13N3O3/c1-6-11-5-7(9(14)12-6)8(13)10-3-4-15-2/h5H,3-4H2,1-2H3,(H,10,13)(H,11,12,14). The van der Waals surface area contributed by atoms with Crippen molar-refractivity contribution in [3.05, 3.63) is 27.9 Å². The van der Waals surface area contributed by atoms with E-state index in [1.54, 1.807) is 6.92 Å². The van der Waals surface area contributed by atoms with Crippen LogP contribution in [0.3, 0.4) is 0 Å². The molecule has 1 aromatic heterocycles. The predicted octanol–water partition coefficient (Wildman–Crippen LogP) is -0.545. The van der Waals surface area contributed by atoms with Gasteiger partial charge in [-0.1, -0.05) is 0 Å². The molecule has 0 unspecified atom stereocenters. The summed E-state index contributed by atoms with van der Waals surface area (Å²) in [7, 11) is 1.53. The Morgan fingerprint density at radius 3 is 3.00 bits per heavy atom. The van der Waals surface area contributed by atoms with Gasteiger partial charge in [-0.2, -0.15) is 0 Å². The number of H-pyrrole nitrogens is 1. The fourth-order valence-electron chi connectivity index (χ4n) is 1.01. The van der Waals surface area contributed by atoms with Gasteiger partial charge in [-0.3, -0.25) is 9.59 Å². The van der Waals surface area contributed by atoms with Crippen molar-refractivity contribution < 1.29 is 9.53 Å². The van der Waals surface area contributed by atoms with Gasteiger partial charge >= 0.3 is 0 Å². The summed E-state index contributed by atoms with van der Waals surface area (Å²) >= 11 is 0. The van der Waals surface area contributed by atoms with E-state index in [2.05, 4.69) is 15.3 Å². The van der Waals surface area contributed by atoms with E-state index in [1.807, 2.05) is 0 Å². The van der Waals surface area contributed by atoms with Crippen LogP contribution in [0, 0.1) is 6.92 Å². The Hall–Kier alpha value is -1.69. The zero-order valence-electron chi connectivity index (χ0n) is 8.66. The number of aromatic amines is 1. The van der Waals surface area contributed by atoms with Crippen LogP contribution >= 0.6 is 0 Å². The van der Waals surface area contributed by atoms with E-state index in [0.717, 1.165) is 0 Å². The predicted molar refractivity (Wildman–Crippen MR) is 53.8 cm³/mol. The van der Waals surface area contributed by atoms with Gasteiger partial charge in [-0.15, -0.1) is 0 Å². The average molecular weight is 211 g/mol. The van der Waals surface area contributed by atoms with Gasteiger partial charge in [0.15, 0.2) is 0 Å². The third-order valence-electron chi connectivity index (χ3n) is 1.76. The molecule has 6 nitrogen and oxygen atoms in total. The number of ether oxygens (including phenoxy) is 1. The number of methoxy groups -OCH3 is 1. The number of aromatic nitrogens is 2. The summed E-state index contributed by atoms with van der Waals surface area (Å²) in [5, 5.41) is 2.54. The molecule has 1 aromatic rings. The first-order valence-corrected chi connectivity index (χ1v) is 4.48. The molecule has 0 saturated carbocycles. The minimum atomic E-state index is -0.444. The highest BCUT2D eigenvalue weighted by Crippen LogP contribution is 1.88. The van der Waals surface area contributed by atoms with Gasteiger partial charge in [0.05, 0.1) is 6.61 Å². The van der Waals surface area contributed by atoms with Gasteiger partial charge in [-0.05, 0) is 6.92 Å². The number of nitrogens with one attached hydrogen (secondary N) is 2. The van der Waals surface area contributed by atoms with E-state index in [1.165, 1.54) is 13.3 Å². The number of carbonyl (C=O) groups is 1. The van der Waals surface area contributed by atoms with Crippen molar-refractivity contribution in [3.63, 3.8) is 0 Å². The maximum absolute atomic E-state index is 11.4. The molecule has 2 N–H and O–H groups in total. The lowest BCUT2D eigenvalue weighted by Gasteiger charge is -2.03. The van der Waals surface area contributed by atoms with Crippen molar-refractivity contribution in [1.29, 1.82) is 0 Å². The maximum atomic E-state index is 11.4. The second-order valence-electron chi connectivity index (χ2n) is 2.96. The highest BCUT2D eigenvalue weighted by Gasteiger charge is 2.09. The number of hydrogen-bond donors (Lipinski definition) is 2. The van der Waals surface area contributed by atoms with Crippen molar-refractivity contribution in [1.82, 2.24) is 15.3 Å². The fraction of sp³-hybridized carbons (Fsp3) is 0.444. The summed E-state index contributed by atoms with van der Waals surface area (Å²) < 4.78 is 4.76. The monoisotopic (exact) mass is 211 g/mol. The third kappa shape index (κ3) is 3.17. The SMILES string of the molecule is COCCNC(=O)c1cnc(C)[nH]c1=O. The molecule has 0 saturated heterocycles. The van der Waals surface area contributed by atoms with Crippen molar-refractivity contribution in [3.8, 4) is 0 Å². The molecular weight excluding hydrogens is 198 g/mol. The van der Waals surface area contributed by atoms with Crippen LogP contribution < -0.4 is 10.9 Å². The Labute approximate surface area is 86.7 Å². The van der Waals surface area contributed by atoms with Crippen LogP contribution in [-0.2, 0) is 4.74 Å². The number of nitrogens with zero attached hydrogens (tertiary/aromatic N) is 1. The second-order valence-corrected chi connectivity index (χ2v) is 2.96. The molecular formula is C9H13N3O3. The first kappa shape index (κ1) is 11.4. The zero-order chi connectivity index (χ0) is 11.3. The van der Waals surface area contributed by atoms with Gasteiger partial charge in [0.25, 0.3) is 11.5 Å². The highest BCUT2D eigenvalue weighted by atomic mass is 16.5. The smallest absolute Gasteiger partial charge is 0.263 e. The fourth-order valence-corrected chi connectivity index (χ4v) is 1.01. The van der Waals surface area contributed by atoms with Crippen molar-refractivity contribution in [2.75, 3.05) is 20.3 Å². The zero-order valence-corrected chi connectivity index (χ0v) is 8.66. The van der Waals surface area contributed by atoms with Crippen LogP contribution in [-0.4, -0.2) is 36.1 Å². The van der Waals surface area contributed by atoms with Crippen LogP contribution in [0.15, 0.2) is 11.0 Å². The molecule has 6 heteroatoms. The quantitative estimate of drug-likeness (QED) is 0.655. The third-order valence-corrected chi connectivity index (χ3v) is 1.76. The van der Waals surface area contributed by atoms with Gasteiger partial charge in [-0.25, -0.2) is 4.98 Å². The molecule has 0 aliphatic rings. The van der Waals surface area contributed by atoms with E-state index in [4.69, 9.17) is 4.74 Å². The van der Waals surface area contributed by atoms with E-state index >= 15 is 0 Å². The molecule has 0 aliphatic heterocycles. The molecule has 15 heavy (non-hydrogen) atoms. The average Bonchev–Trinajstić information content (AvgIpc) is 2.17. The first-order chi connectivity index (χ1) is 7.15. The lowest BCUT2D eigenvalue weighted by molar-refractivity contribution is 0.0935. The molecule has 0 aromatic carbocycles. The lowest BCUT2D eigenvalue weighted by Crippen LogP contribution is -2.32. The van der Waals surface area contributed by atoms with Crippen molar-refractivity contribution in [2.24, 2.45) is 0 Å². The molecule has 1 amide bonds. The van der Waals surface area contributed by atoms with Crippen LogP contribution in [0.1, 0.15) is 16.2 Å². The van der Waals surface area contributed by atoms with Crippen LogP contribution in [0.25, 0.3) is 0 Å². The number of aryl methyl sites for hydroxylation is 1. The Bertz CT molecular complexity index is 400. The topological polar surface area (TPSA) is 84.1 Å². The summed E-state index contributed by atoms with van der Waals surface area (Å²) in [5.74, 6) is 0.0363. The minimum Gasteiger partial charge on any atom is -0.383 e. The summed E-state index contributed by atoms with van der Waals surface area (Å²) in [5.41, 5.74) is -0.422. The number of carbonyl (C=O) groups excluding carboxylic acids is 1. The molecule has 1 rings (SSSR count). The largest absolute Gasteiger partial charge is 0.383 e. The molecule has 0 atom stereocenters. The number of rotatable bonds is 4. The lowest BCUT2D eigenvalue weighted by atomic mass is 10.3. The number of amides is 1. The minimum absolute atomic E-state index is 0.0108. The molecule has 0 radical (unpaired) electrons. The van der Waals surface area contributed by atoms with Gasteiger partial charge in [0.2, 0.25) is 0 Å². The highest BCUT2D eigenvalue weighted by molar-refractivity contribution is 5.93. The Kier molecular flexibility index (Phi) is 3.99. The van der Waals surface area contributed by atoms with Crippen molar-refractivity contribution >= 4 is 5.91 Å². The van der Waals surface area contributed by atoms with Gasteiger partial charge < -0.3 is 15.0 Å². The molecule has 0 fully saturated rings. The maximum Gasteiger partial charge on any atom is 0.263 e. The van der Waals surface area contributed by atoms with E-state index in [9.17, 15) is 9.59 Å². The molecule has 0 spiro atoms. The molecule has 0 bridgehead atoms. The Morgan fingerprint density at radius 2 is 2.40 bits per heavy atom. The van der Waals surface area contributed by atoms with E-state index < -0.39 is 11.5 Å². The van der Waals surface area contributed by atoms with Gasteiger partial charge in [0.1, 0.15) is 11.4 Å². The number of hydrogen-bond acceptors (Lipinski definition) is 4. The Morgan fingerprint density at radius 1 is 1.67 bits per heavy atom. The van der Waals surface area contributed by atoms with Gasteiger partial charge in [0, 0.05) is 19.9 Å². The van der Waals surface area contributed by atoms with Crippen molar-refractivity contribution in [2.45, 2.75) is 6.92 Å². The van der Waals surface area contributed by atoms with Crippen LogP contribution in [0.2, 0.25) is 0 Å². The second kappa shape index (κ2) is 5.26. The van der Waals surface area contributed by atoms with E-state index in [0.29, 0.717) is 19.0 Å². The Balaban J connectivity index is 2.70. The molecule has 1 heterocycles. The molecule has 0 aliphatic carbocycles. The van der Waals surface area contributed by atoms with Crippen LogP contribution in [0.5, 0.6) is 0 Å². The normalized spacial score (nSPS) is 10.0. The molecule has 82 valence electrons. The van der Waals surface area contributed by atoms with E-state index in [-0.39, 0.29) is 5.56 Å².